The molecule has 2 N–H and O–H groups in total. The third-order valence-electron chi connectivity index (χ3n) is 2.94. The molecule has 6 heteroatoms. The highest BCUT2D eigenvalue weighted by atomic mass is 16.5. The van der Waals surface area contributed by atoms with Gasteiger partial charge in [0.25, 0.3) is 0 Å². The van der Waals surface area contributed by atoms with Crippen LogP contribution in [0.25, 0.3) is 0 Å². The fourth-order valence-electron chi connectivity index (χ4n) is 1.88. The minimum absolute atomic E-state index is 0.547. The molecule has 0 saturated heterocycles. The Hall–Kier alpha value is -2.21. The van der Waals surface area contributed by atoms with Gasteiger partial charge in [-0.15, -0.1) is 5.10 Å². The van der Waals surface area contributed by atoms with Gasteiger partial charge in [0.15, 0.2) is 5.82 Å². The van der Waals surface area contributed by atoms with Gasteiger partial charge in [-0.3, -0.25) is 0 Å². The predicted molar refractivity (Wildman–Crippen MR) is 83.4 cm³/mol. The van der Waals surface area contributed by atoms with Gasteiger partial charge >= 0.3 is 0 Å². The average molecular weight is 287 g/mol. The predicted octanol–water partition coefficient (Wildman–Crippen LogP) is 1.97. The van der Waals surface area contributed by atoms with Crippen LogP contribution in [0.4, 0.5) is 11.8 Å². The molecule has 0 fully saturated rings. The summed E-state index contributed by atoms with van der Waals surface area (Å²) in [6.07, 6.45) is 3.66. The lowest BCUT2D eigenvalue weighted by atomic mass is 10.1. The Morgan fingerprint density at radius 1 is 1.10 bits per heavy atom. The van der Waals surface area contributed by atoms with E-state index in [-0.39, 0.29) is 0 Å². The summed E-state index contributed by atoms with van der Waals surface area (Å²) in [7, 11) is 1.67. The second kappa shape index (κ2) is 8.86. The van der Waals surface area contributed by atoms with Crippen LogP contribution < -0.4 is 10.6 Å². The minimum atomic E-state index is 0.547. The van der Waals surface area contributed by atoms with Crippen molar-refractivity contribution in [2.45, 2.75) is 12.8 Å². The Balaban J connectivity index is 1.71. The maximum Gasteiger partial charge on any atom is 0.244 e. The summed E-state index contributed by atoms with van der Waals surface area (Å²) in [4.78, 5) is 4.34. The molecular weight excluding hydrogens is 266 g/mol. The molecule has 2 aromatic rings. The summed E-state index contributed by atoms with van der Waals surface area (Å²) in [5.74, 6) is 1.25. The zero-order chi connectivity index (χ0) is 14.8. The van der Waals surface area contributed by atoms with Crippen LogP contribution in [0.3, 0.4) is 0 Å². The van der Waals surface area contributed by atoms with E-state index in [9.17, 15) is 0 Å². The first-order valence-electron chi connectivity index (χ1n) is 7.09. The van der Waals surface area contributed by atoms with Crippen LogP contribution in [0.5, 0.6) is 0 Å². The van der Waals surface area contributed by atoms with Gasteiger partial charge in [-0.1, -0.05) is 30.3 Å². The van der Waals surface area contributed by atoms with Gasteiger partial charge in [-0.2, -0.15) is 10.1 Å². The Morgan fingerprint density at radius 2 is 1.95 bits per heavy atom. The van der Waals surface area contributed by atoms with E-state index in [1.54, 1.807) is 13.3 Å². The van der Waals surface area contributed by atoms with E-state index >= 15 is 0 Å². The molecule has 0 unspecified atom stereocenters. The van der Waals surface area contributed by atoms with E-state index in [2.05, 4.69) is 50.1 Å². The van der Waals surface area contributed by atoms with Gasteiger partial charge in [0.1, 0.15) is 0 Å². The number of nitrogens with one attached hydrogen (secondary N) is 2. The van der Waals surface area contributed by atoms with Gasteiger partial charge in [0.2, 0.25) is 5.95 Å². The molecule has 1 heterocycles. The topological polar surface area (TPSA) is 72.0 Å². The normalized spacial score (nSPS) is 10.3. The SMILES string of the molecule is COCCNc1cnnc(NCCCc2ccccc2)n1. The first kappa shape index (κ1) is 15.2. The van der Waals surface area contributed by atoms with Gasteiger partial charge in [-0.25, -0.2) is 0 Å². The zero-order valence-electron chi connectivity index (χ0n) is 12.2. The van der Waals surface area contributed by atoms with E-state index in [0.29, 0.717) is 24.9 Å². The molecule has 6 nitrogen and oxygen atoms in total. The molecule has 0 amide bonds. The zero-order valence-corrected chi connectivity index (χ0v) is 12.2. The molecule has 1 aromatic carbocycles. The largest absolute Gasteiger partial charge is 0.383 e. The molecule has 2 rings (SSSR count). The molecule has 0 spiro atoms. The van der Waals surface area contributed by atoms with Crippen molar-refractivity contribution in [3.63, 3.8) is 0 Å². The molecule has 0 aliphatic rings. The summed E-state index contributed by atoms with van der Waals surface area (Å²) in [5, 5.41) is 14.2. The monoisotopic (exact) mass is 287 g/mol. The number of methoxy groups -OCH3 is 1. The van der Waals surface area contributed by atoms with Crippen molar-refractivity contribution in [1.29, 1.82) is 0 Å². The first-order chi connectivity index (χ1) is 10.4. The van der Waals surface area contributed by atoms with Gasteiger partial charge in [-0.05, 0) is 18.4 Å². The highest BCUT2D eigenvalue weighted by Crippen LogP contribution is 2.05. The van der Waals surface area contributed by atoms with Crippen molar-refractivity contribution in [2.75, 3.05) is 37.4 Å². The van der Waals surface area contributed by atoms with Crippen LogP contribution in [0.1, 0.15) is 12.0 Å². The summed E-state index contributed by atoms with van der Waals surface area (Å²) < 4.78 is 4.97. The van der Waals surface area contributed by atoms with Crippen molar-refractivity contribution in [2.24, 2.45) is 0 Å². The van der Waals surface area contributed by atoms with Crippen molar-refractivity contribution in [1.82, 2.24) is 15.2 Å². The molecular formula is C15H21N5O. The minimum Gasteiger partial charge on any atom is -0.383 e. The molecule has 0 bridgehead atoms. The van der Waals surface area contributed by atoms with Gasteiger partial charge in [0.05, 0.1) is 12.8 Å². The fraction of sp³-hybridized carbons (Fsp3) is 0.400. The van der Waals surface area contributed by atoms with Crippen LogP contribution in [-0.4, -0.2) is 42.0 Å². The quantitative estimate of drug-likeness (QED) is 0.687. The molecule has 0 aliphatic heterocycles. The lowest BCUT2D eigenvalue weighted by molar-refractivity contribution is 0.210. The van der Waals surface area contributed by atoms with E-state index in [4.69, 9.17) is 4.74 Å². The maximum atomic E-state index is 4.97. The number of hydrogen-bond acceptors (Lipinski definition) is 6. The second-order valence-electron chi connectivity index (χ2n) is 4.60. The maximum absolute atomic E-state index is 4.97. The van der Waals surface area contributed by atoms with Crippen molar-refractivity contribution >= 4 is 11.8 Å². The number of hydrogen-bond donors (Lipinski definition) is 2. The van der Waals surface area contributed by atoms with Crippen molar-refractivity contribution in [3.05, 3.63) is 42.1 Å². The lowest BCUT2D eigenvalue weighted by Crippen LogP contribution is -2.12. The van der Waals surface area contributed by atoms with Crippen LogP contribution in [0, 0.1) is 0 Å². The van der Waals surface area contributed by atoms with Crippen LogP contribution in [0.15, 0.2) is 36.5 Å². The van der Waals surface area contributed by atoms with E-state index in [1.165, 1.54) is 5.56 Å². The number of rotatable bonds is 9. The van der Waals surface area contributed by atoms with Gasteiger partial charge in [0, 0.05) is 20.2 Å². The number of ether oxygens (including phenoxy) is 1. The van der Waals surface area contributed by atoms with E-state index in [1.807, 2.05) is 6.07 Å². The Labute approximate surface area is 125 Å². The van der Waals surface area contributed by atoms with Gasteiger partial charge < -0.3 is 15.4 Å². The summed E-state index contributed by atoms with van der Waals surface area (Å²) in [5.41, 5.74) is 1.34. The first-order valence-corrected chi connectivity index (χ1v) is 7.09. The molecule has 0 radical (unpaired) electrons. The number of nitrogens with zero attached hydrogens (tertiary/aromatic N) is 3. The summed E-state index contributed by atoms with van der Waals surface area (Å²) in [6, 6.07) is 10.4. The smallest absolute Gasteiger partial charge is 0.244 e. The number of aromatic nitrogens is 3. The molecule has 112 valence electrons. The van der Waals surface area contributed by atoms with Crippen molar-refractivity contribution in [3.8, 4) is 0 Å². The standard InChI is InChI=1S/C15H21N5O/c1-21-11-10-16-14-12-18-20-15(19-14)17-9-5-8-13-6-3-2-4-7-13/h2-4,6-7,12H,5,8-11H2,1H3,(H2,16,17,19,20). The summed E-state index contributed by atoms with van der Waals surface area (Å²) >= 11 is 0. The Kier molecular flexibility index (Phi) is 6.41. The average Bonchev–Trinajstić information content (AvgIpc) is 2.53. The Morgan fingerprint density at radius 3 is 2.76 bits per heavy atom. The number of benzene rings is 1. The molecule has 21 heavy (non-hydrogen) atoms. The molecule has 1 aromatic heterocycles. The van der Waals surface area contributed by atoms with Crippen LogP contribution in [-0.2, 0) is 11.2 Å². The highest BCUT2D eigenvalue weighted by Gasteiger charge is 1.99. The third-order valence-corrected chi connectivity index (χ3v) is 2.94. The molecule has 0 atom stereocenters. The van der Waals surface area contributed by atoms with E-state index < -0.39 is 0 Å². The fourth-order valence-corrected chi connectivity index (χ4v) is 1.88. The summed E-state index contributed by atoms with van der Waals surface area (Å²) in [6.45, 7) is 2.14. The van der Waals surface area contributed by atoms with Crippen LogP contribution in [0.2, 0.25) is 0 Å². The second-order valence-corrected chi connectivity index (χ2v) is 4.60. The number of aryl methyl sites for hydroxylation is 1. The van der Waals surface area contributed by atoms with E-state index in [0.717, 1.165) is 19.4 Å². The number of anilines is 2. The third kappa shape index (κ3) is 5.74. The molecule has 0 aliphatic carbocycles. The highest BCUT2D eigenvalue weighted by molar-refractivity contribution is 5.36. The lowest BCUT2D eigenvalue weighted by Gasteiger charge is -2.07. The molecule has 0 saturated carbocycles. The van der Waals surface area contributed by atoms with Crippen LogP contribution >= 0.6 is 0 Å². The Bertz CT molecular complexity index is 520. The van der Waals surface area contributed by atoms with Crippen molar-refractivity contribution < 1.29 is 4.74 Å².